The third-order valence-electron chi connectivity index (χ3n) is 9.33. The van der Waals surface area contributed by atoms with Crippen molar-refractivity contribution in [3.8, 4) is 22.6 Å². The first-order valence-electron chi connectivity index (χ1n) is 14.9. The maximum Gasteiger partial charge on any atom is 0.135 e. The van der Waals surface area contributed by atoms with E-state index in [0.29, 0.717) is 0 Å². The number of hydrogen-bond acceptors (Lipinski definition) is 2. The fourth-order valence-electron chi connectivity index (χ4n) is 7.32. The molecule has 0 N–H and O–H groups in total. The number of nitrogens with zero attached hydrogens (tertiary/aromatic N) is 1. The number of benzene rings is 6. The van der Waals surface area contributed by atoms with E-state index in [-0.39, 0.29) is 5.92 Å². The maximum absolute atomic E-state index is 6.68. The molecule has 3 heterocycles. The first-order chi connectivity index (χ1) is 21.3. The molecular formula is C40H25NO2. The quantitative estimate of drug-likeness (QED) is 0.215. The number of para-hydroxylation sites is 2. The predicted molar refractivity (Wildman–Crippen MR) is 175 cm³/mol. The van der Waals surface area contributed by atoms with Crippen molar-refractivity contribution in [2.75, 3.05) is 0 Å². The molecule has 0 saturated carbocycles. The minimum absolute atomic E-state index is 0.153. The van der Waals surface area contributed by atoms with Crippen LogP contribution in [0.5, 0.6) is 5.75 Å². The van der Waals surface area contributed by atoms with E-state index in [4.69, 9.17) is 9.15 Å². The van der Waals surface area contributed by atoms with Gasteiger partial charge >= 0.3 is 0 Å². The smallest absolute Gasteiger partial charge is 0.135 e. The Kier molecular flexibility index (Phi) is 4.56. The van der Waals surface area contributed by atoms with E-state index in [1.807, 2.05) is 0 Å². The highest BCUT2D eigenvalue weighted by molar-refractivity contribution is 6.09. The van der Waals surface area contributed by atoms with Gasteiger partial charge in [-0.25, -0.2) is 0 Å². The van der Waals surface area contributed by atoms with Gasteiger partial charge in [0.05, 0.1) is 22.2 Å². The highest BCUT2D eigenvalue weighted by Gasteiger charge is 2.33. The predicted octanol–water partition coefficient (Wildman–Crippen LogP) is 8.82. The Morgan fingerprint density at radius 1 is 0.605 bits per heavy atom. The van der Waals surface area contributed by atoms with Crippen molar-refractivity contribution >= 4 is 55.4 Å². The molecule has 1 atom stereocenters. The lowest BCUT2D eigenvalue weighted by molar-refractivity contribution is 0.501. The molecule has 2 aliphatic rings. The average Bonchev–Trinajstić information content (AvgIpc) is 3.73. The summed E-state index contributed by atoms with van der Waals surface area (Å²) in [4.78, 5) is 0. The minimum Gasteiger partial charge on any atom is -0.460 e. The molecule has 8 aromatic rings. The zero-order chi connectivity index (χ0) is 28.1. The highest BCUT2D eigenvalue weighted by Crippen LogP contribution is 2.46. The largest absolute Gasteiger partial charge is 0.460 e. The second kappa shape index (κ2) is 8.50. The Morgan fingerprint density at radius 2 is 1.33 bits per heavy atom. The zero-order valence-electron chi connectivity index (χ0n) is 23.2. The van der Waals surface area contributed by atoms with Gasteiger partial charge < -0.3 is 13.7 Å². The van der Waals surface area contributed by atoms with Crippen molar-refractivity contribution < 1.29 is 9.15 Å². The SMILES string of the molecule is C1=c2oc3ccc(-c4ccc5ccccc5c4)cc3c2=C2Oc3ccc(-n4c5ccccc5c5ccccc54)cc3C2C1. The van der Waals surface area contributed by atoms with Crippen molar-refractivity contribution in [1.82, 2.24) is 4.57 Å². The van der Waals surface area contributed by atoms with Crippen molar-refractivity contribution in [3.05, 3.63) is 144 Å². The van der Waals surface area contributed by atoms with Crippen molar-refractivity contribution in [3.63, 3.8) is 0 Å². The number of hydrogen-bond donors (Lipinski definition) is 0. The molecular weight excluding hydrogens is 526 g/mol. The summed E-state index contributed by atoms with van der Waals surface area (Å²) >= 11 is 0. The van der Waals surface area contributed by atoms with Gasteiger partial charge in [0.25, 0.3) is 0 Å². The molecule has 3 heteroatoms. The molecule has 0 bridgehead atoms. The molecule has 2 aromatic heterocycles. The van der Waals surface area contributed by atoms with Crippen molar-refractivity contribution in [2.24, 2.45) is 0 Å². The molecule has 1 aliphatic heterocycles. The topological polar surface area (TPSA) is 27.3 Å². The van der Waals surface area contributed by atoms with Crippen LogP contribution < -0.4 is 15.4 Å². The van der Waals surface area contributed by atoms with Crippen LogP contribution in [0.3, 0.4) is 0 Å². The molecule has 0 spiro atoms. The van der Waals surface area contributed by atoms with Gasteiger partial charge in [0.1, 0.15) is 22.5 Å². The minimum atomic E-state index is 0.153. The van der Waals surface area contributed by atoms with Gasteiger partial charge in [0.15, 0.2) is 0 Å². The number of furan rings is 1. The molecule has 202 valence electrons. The number of ether oxygens (including phenoxy) is 1. The number of rotatable bonds is 2. The summed E-state index contributed by atoms with van der Waals surface area (Å²) in [6, 6.07) is 45.7. The Bertz CT molecular complexity index is 2530. The second-order valence-electron chi connectivity index (χ2n) is 11.7. The Morgan fingerprint density at radius 3 is 2.16 bits per heavy atom. The van der Waals surface area contributed by atoms with Crippen LogP contribution in [-0.2, 0) is 0 Å². The van der Waals surface area contributed by atoms with Crippen LogP contribution in [0.4, 0.5) is 0 Å². The van der Waals surface area contributed by atoms with Gasteiger partial charge in [-0.05, 0) is 82.9 Å². The first kappa shape index (κ1) is 23.1. The van der Waals surface area contributed by atoms with Crippen LogP contribution >= 0.6 is 0 Å². The van der Waals surface area contributed by atoms with E-state index in [1.165, 1.54) is 49.3 Å². The van der Waals surface area contributed by atoms with E-state index in [9.17, 15) is 0 Å². The molecule has 0 radical (unpaired) electrons. The molecule has 43 heavy (non-hydrogen) atoms. The monoisotopic (exact) mass is 551 g/mol. The van der Waals surface area contributed by atoms with Crippen LogP contribution in [0.15, 0.2) is 132 Å². The summed E-state index contributed by atoms with van der Waals surface area (Å²) in [5, 5.41) is 7.22. The number of aromatic nitrogens is 1. The van der Waals surface area contributed by atoms with E-state index in [2.05, 4.69) is 138 Å². The van der Waals surface area contributed by atoms with Gasteiger partial charge in [0, 0.05) is 27.4 Å². The molecule has 3 nitrogen and oxygen atoms in total. The third kappa shape index (κ3) is 3.25. The van der Waals surface area contributed by atoms with Crippen LogP contribution in [0, 0.1) is 0 Å². The Labute approximate surface area is 247 Å². The molecule has 10 rings (SSSR count). The summed E-state index contributed by atoms with van der Waals surface area (Å²) in [6.45, 7) is 0. The van der Waals surface area contributed by atoms with Crippen molar-refractivity contribution in [1.29, 1.82) is 0 Å². The average molecular weight is 552 g/mol. The van der Waals surface area contributed by atoms with Gasteiger partial charge in [-0.2, -0.15) is 0 Å². The fourth-order valence-corrected chi connectivity index (χ4v) is 7.32. The fraction of sp³-hybridized carbons (Fsp3) is 0.0500. The summed E-state index contributed by atoms with van der Waals surface area (Å²) in [7, 11) is 0. The summed E-state index contributed by atoms with van der Waals surface area (Å²) in [5.41, 5.74) is 8.99. The van der Waals surface area contributed by atoms with Crippen LogP contribution in [0.25, 0.3) is 72.2 Å². The van der Waals surface area contributed by atoms with E-state index < -0.39 is 0 Å². The summed E-state index contributed by atoms with van der Waals surface area (Å²) in [6.07, 6.45) is 3.09. The molecule has 6 aromatic carbocycles. The van der Waals surface area contributed by atoms with Gasteiger partial charge in [-0.3, -0.25) is 0 Å². The summed E-state index contributed by atoms with van der Waals surface area (Å²) < 4.78 is 15.4. The lowest BCUT2D eigenvalue weighted by atomic mass is 9.90. The number of fused-ring (bicyclic) bond motifs is 10. The van der Waals surface area contributed by atoms with Gasteiger partial charge in [0.2, 0.25) is 0 Å². The van der Waals surface area contributed by atoms with Crippen LogP contribution in [-0.4, -0.2) is 4.57 Å². The van der Waals surface area contributed by atoms with E-state index >= 15 is 0 Å². The van der Waals surface area contributed by atoms with Gasteiger partial charge in [-0.1, -0.05) is 78.9 Å². The highest BCUT2D eigenvalue weighted by atomic mass is 16.5. The molecule has 0 fully saturated rings. The second-order valence-corrected chi connectivity index (χ2v) is 11.7. The molecule has 0 amide bonds. The molecule has 1 aliphatic carbocycles. The van der Waals surface area contributed by atoms with Crippen LogP contribution in [0.1, 0.15) is 17.9 Å². The lowest BCUT2D eigenvalue weighted by Gasteiger charge is -2.13. The Hall–Kier alpha value is -5.54. The lowest BCUT2D eigenvalue weighted by Crippen LogP contribution is -2.29. The molecule has 1 unspecified atom stereocenters. The normalized spacial score (nSPS) is 15.4. The van der Waals surface area contributed by atoms with Crippen LogP contribution in [0.2, 0.25) is 0 Å². The molecule has 0 saturated heterocycles. The van der Waals surface area contributed by atoms with E-state index in [0.717, 1.165) is 45.2 Å². The van der Waals surface area contributed by atoms with Crippen molar-refractivity contribution in [2.45, 2.75) is 12.3 Å². The van der Waals surface area contributed by atoms with E-state index in [1.54, 1.807) is 0 Å². The summed E-state index contributed by atoms with van der Waals surface area (Å²) in [5.74, 6) is 2.09. The third-order valence-corrected chi connectivity index (χ3v) is 9.33. The first-order valence-corrected chi connectivity index (χ1v) is 14.9. The zero-order valence-corrected chi connectivity index (χ0v) is 23.2. The maximum atomic E-state index is 6.68. The Balaban J connectivity index is 1.14. The standard InChI is InChI=1S/C40H25NO2/c1-2-8-25-21-26(14-13-24(25)7-1)27-15-18-37-33(22-27)39-38(42-37)20-17-31-32-23-28(16-19-36(32)43-40(31)39)41-34-11-5-3-9-29(34)30-10-4-6-12-35(30)41/h1-16,18-23,31H,17H2. The van der Waals surface area contributed by atoms with Gasteiger partial charge in [-0.15, -0.1) is 0 Å².